The third kappa shape index (κ3) is 4.78. The Morgan fingerprint density at radius 3 is 2.38 bits per heavy atom. The largest absolute Gasteiger partial charge is 0.489 e. The number of benzene rings is 3. The molecule has 0 aliphatic carbocycles. The van der Waals surface area contributed by atoms with E-state index in [4.69, 9.17) is 16.3 Å². The topological polar surface area (TPSA) is 102 Å². The molecule has 0 saturated carbocycles. The van der Waals surface area contributed by atoms with Crippen molar-refractivity contribution >= 4 is 44.6 Å². The van der Waals surface area contributed by atoms with Crippen molar-refractivity contribution in [1.29, 1.82) is 0 Å². The number of carbonyl (C=O) groups excluding carboxylic acids is 2. The number of anilines is 2. The zero-order valence-corrected chi connectivity index (χ0v) is 20.3. The first-order valence-electron chi connectivity index (χ1n) is 10.6. The van der Waals surface area contributed by atoms with Crippen LogP contribution in [0, 0.1) is 0 Å². The van der Waals surface area contributed by atoms with Crippen LogP contribution in [0.4, 0.5) is 11.4 Å². The van der Waals surface area contributed by atoms with Gasteiger partial charge >= 0.3 is 0 Å². The van der Waals surface area contributed by atoms with Gasteiger partial charge in [0.1, 0.15) is 11.9 Å². The monoisotopic (exact) mass is 498 g/mol. The van der Waals surface area contributed by atoms with Gasteiger partial charge in [0.25, 0.3) is 11.8 Å². The first-order valence-corrected chi connectivity index (χ1v) is 12.8. The van der Waals surface area contributed by atoms with Gasteiger partial charge in [0.2, 0.25) is 0 Å². The summed E-state index contributed by atoms with van der Waals surface area (Å²) in [5.74, 6) is -0.0578. The molecule has 0 saturated heterocycles. The number of hydrogen-bond acceptors (Lipinski definition) is 5. The molecule has 3 aromatic carbocycles. The standard InChI is InChI=1S/C25H23ClN2O5S/c1-14-15(2)33-23-19(14)8-5-9-20(23)25(30)27-17-10-11-22(21(26)13-17)28-24(29)16-6-4-7-18(12-16)34(3,31)32/h4-15H,1-3H3,(H,27,30)(H,28,29). The lowest BCUT2D eigenvalue weighted by Gasteiger charge is -2.12. The van der Waals surface area contributed by atoms with E-state index in [0.29, 0.717) is 22.7 Å². The Hall–Kier alpha value is -3.36. The van der Waals surface area contributed by atoms with Gasteiger partial charge in [-0.3, -0.25) is 9.59 Å². The lowest BCUT2D eigenvalue weighted by molar-refractivity contribution is 0.101. The number of halogens is 1. The summed E-state index contributed by atoms with van der Waals surface area (Å²) in [7, 11) is -3.45. The van der Waals surface area contributed by atoms with Crippen LogP contribution in [-0.4, -0.2) is 32.6 Å². The summed E-state index contributed by atoms with van der Waals surface area (Å²) in [6.45, 7) is 4.03. The Balaban J connectivity index is 1.49. The summed E-state index contributed by atoms with van der Waals surface area (Å²) in [6, 6.07) is 15.9. The molecule has 1 aliphatic rings. The third-order valence-electron chi connectivity index (χ3n) is 5.79. The molecule has 0 fully saturated rings. The Labute approximate surface area is 203 Å². The number of hydrogen-bond donors (Lipinski definition) is 2. The van der Waals surface area contributed by atoms with Crippen molar-refractivity contribution in [2.75, 3.05) is 16.9 Å². The summed E-state index contributed by atoms with van der Waals surface area (Å²) < 4.78 is 29.4. The predicted octanol–water partition coefficient (Wildman–Crippen LogP) is 5.13. The second kappa shape index (κ2) is 9.12. The van der Waals surface area contributed by atoms with Crippen LogP contribution >= 0.6 is 11.6 Å². The van der Waals surface area contributed by atoms with Gasteiger partial charge in [-0.05, 0) is 49.4 Å². The van der Waals surface area contributed by atoms with Gasteiger partial charge in [0.15, 0.2) is 9.84 Å². The van der Waals surface area contributed by atoms with Crippen molar-refractivity contribution in [3.05, 3.63) is 82.4 Å². The Morgan fingerprint density at radius 2 is 1.68 bits per heavy atom. The van der Waals surface area contributed by atoms with Gasteiger partial charge in [-0.1, -0.05) is 36.7 Å². The van der Waals surface area contributed by atoms with E-state index >= 15 is 0 Å². The minimum Gasteiger partial charge on any atom is -0.489 e. The summed E-state index contributed by atoms with van der Waals surface area (Å²) in [4.78, 5) is 25.6. The van der Waals surface area contributed by atoms with Gasteiger partial charge in [-0.25, -0.2) is 8.42 Å². The molecular weight excluding hydrogens is 476 g/mol. The zero-order chi connectivity index (χ0) is 24.6. The van der Waals surface area contributed by atoms with Crippen molar-refractivity contribution in [3.8, 4) is 5.75 Å². The van der Waals surface area contributed by atoms with Gasteiger partial charge in [-0.2, -0.15) is 0 Å². The molecule has 4 rings (SSSR count). The molecule has 7 nitrogen and oxygen atoms in total. The van der Waals surface area contributed by atoms with E-state index in [-0.39, 0.29) is 33.4 Å². The highest BCUT2D eigenvalue weighted by Gasteiger charge is 2.31. The second-order valence-electron chi connectivity index (χ2n) is 8.24. The van der Waals surface area contributed by atoms with E-state index in [0.717, 1.165) is 11.8 Å². The van der Waals surface area contributed by atoms with Crippen molar-refractivity contribution < 1.29 is 22.7 Å². The quantitative estimate of drug-likeness (QED) is 0.507. The van der Waals surface area contributed by atoms with Gasteiger partial charge in [0, 0.05) is 29.0 Å². The second-order valence-corrected chi connectivity index (χ2v) is 10.7. The average molecular weight is 499 g/mol. The van der Waals surface area contributed by atoms with Gasteiger partial charge in [-0.15, -0.1) is 0 Å². The molecule has 0 radical (unpaired) electrons. The van der Waals surface area contributed by atoms with Crippen LogP contribution in [0.2, 0.25) is 5.02 Å². The Morgan fingerprint density at radius 1 is 0.941 bits per heavy atom. The van der Waals surface area contributed by atoms with Crippen LogP contribution in [0.5, 0.6) is 5.75 Å². The van der Waals surface area contributed by atoms with Crippen molar-refractivity contribution in [3.63, 3.8) is 0 Å². The van der Waals surface area contributed by atoms with Gasteiger partial charge < -0.3 is 15.4 Å². The highest BCUT2D eigenvalue weighted by atomic mass is 35.5. The molecule has 2 N–H and O–H groups in total. The first-order chi connectivity index (χ1) is 16.0. The SMILES string of the molecule is CC1Oc2c(C(=O)Nc3ccc(NC(=O)c4cccc(S(C)(=O)=O)c4)c(Cl)c3)cccc2C1C. The van der Waals surface area contributed by atoms with E-state index in [2.05, 4.69) is 17.6 Å². The third-order valence-corrected chi connectivity index (χ3v) is 7.21. The van der Waals surface area contributed by atoms with E-state index in [9.17, 15) is 18.0 Å². The molecule has 176 valence electrons. The maximum absolute atomic E-state index is 12.9. The summed E-state index contributed by atoms with van der Waals surface area (Å²) in [5, 5.41) is 5.68. The van der Waals surface area contributed by atoms with E-state index < -0.39 is 15.7 Å². The number of fused-ring (bicyclic) bond motifs is 1. The fourth-order valence-corrected chi connectivity index (χ4v) is 4.61. The first kappa shape index (κ1) is 23.8. The lowest BCUT2D eigenvalue weighted by Crippen LogP contribution is -2.15. The molecule has 34 heavy (non-hydrogen) atoms. The molecule has 2 atom stereocenters. The number of rotatable bonds is 5. The number of nitrogens with one attached hydrogen (secondary N) is 2. The van der Waals surface area contributed by atoms with Crippen LogP contribution in [0.3, 0.4) is 0 Å². The number of sulfone groups is 1. The van der Waals surface area contributed by atoms with Gasteiger partial charge in [0.05, 0.1) is 21.2 Å². The zero-order valence-electron chi connectivity index (χ0n) is 18.8. The van der Waals surface area contributed by atoms with E-state index in [1.54, 1.807) is 18.2 Å². The Bertz CT molecular complexity index is 1400. The maximum atomic E-state index is 12.9. The highest BCUT2D eigenvalue weighted by Crippen LogP contribution is 2.40. The lowest BCUT2D eigenvalue weighted by atomic mass is 9.97. The summed E-state index contributed by atoms with van der Waals surface area (Å²) in [6.07, 6.45) is 1.06. The van der Waals surface area contributed by atoms with Crippen molar-refractivity contribution in [1.82, 2.24) is 0 Å². The van der Waals surface area contributed by atoms with Crippen molar-refractivity contribution in [2.24, 2.45) is 0 Å². The number of ether oxygens (including phenoxy) is 1. The molecule has 3 aromatic rings. The predicted molar refractivity (Wildman–Crippen MR) is 132 cm³/mol. The summed E-state index contributed by atoms with van der Waals surface area (Å²) >= 11 is 6.34. The molecule has 1 aliphatic heterocycles. The van der Waals surface area contributed by atoms with E-state index in [1.165, 1.54) is 30.3 Å². The van der Waals surface area contributed by atoms with Crippen molar-refractivity contribution in [2.45, 2.75) is 30.8 Å². The minimum absolute atomic E-state index is 0.0144. The number of amides is 2. The Kier molecular flexibility index (Phi) is 6.38. The minimum atomic E-state index is -3.45. The maximum Gasteiger partial charge on any atom is 0.259 e. The fraction of sp³-hybridized carbons (Fsp3) is 0.200. The van der Waals surface area contributed by atoms with Crippen LogP contribution < -0.4 is 15.4 Å². The molecule has 0 spiro atoms. The molecule has 2 unspecified atom stereocenters. The molecule has 9 heteroatoms. The smallest absolute Gasteiger partial charge is 0.259 e. The summed E-state index contributed by atoms with van der Waals surface area (Å²) in [5.41, 5.74) is 2.38. The van der Waals surface area contributed by atoms with Crippen LogP contribution in [0.25, 0.3) is 0 Å². The molecule has 0 aromatic heterocycles. The number of para-hydroxylation sites is 1. The molecule has 2 amide bonds. The van der Waals surface area contributed by atoms with Crippen LogP contribution in [0.1, 0.15) is 46.0 Å². The normalized spacial score (nSPS) is 16.9. The average Bonchev–Trinajstić information content (AvgIpc) is 3.08. The van der Waals surface area contributed by atoms with Crippen LogP contribution in [0.15, 0.2) is 65.6 Å². The molecule has 0 bridgehead atoms. The fourth-order valence-electron chi connectivity index (χ4n) is 3.72. The number of carbonyl (C=O) groups is 2. The molecular formula is C25H23ClN2O5S. The van der Waals surface area contributed by atoms with E-state index in [1.807, 2.05) is 19.1 Å². The molecule has 1 heterocycles. The highest BCUT2D eigenvalue weighted by molar-refractivity contribution is 7.90. The van der Waals surface area contributed by atoms with Crippen LogP contribution in [-0.2, 0) is 9.84 Å².